The van der Waals surface area contributed by atoms with Gasteiger partial charge in [-0.2, -0.15) is 0 Å². The first-order valence-corrected chi connectivity index (χ1v) is 3.97. The zero-order valence-corrected chi connectivity index (χ0v) is 7.26. The normalized spacial score (nSPS) is 17.2. The quantitative estimate of drug-likeness (QED) is 0.521. The molecule has 12 heavy (non-hydrogen) atoms. The Morgan fingerprint density at radius 2 is 2.08 bits per heavy atom. The summed E-state index contributed by atoms with van der Waals surface area (Å²) in [6.07, 6.45) is -1.12. The van der Waals surface area contributed by atoms with Crippen LogP contribution in [0.15, 0.2) is 0 Å². The highest BCUT2D eigenvalue weighted by atomic mass is 32.1. The van der Waals surface area contributed by atoms with E-state index in [9.17, 15) is 4.79 Å². The molecule has 0 saturated carbocycles. The highest BCUT2D eigenvalue weighted by Crippen LogP contribution is 1.96. The second-order valence-electron chi connectivity index (χ2n) is 2.33. The van der Waals surface area contributed by atoms with Crippen LogP contribution < -0.4 is 5.32 Å². The third kappa shape index (κ3) is 2.63. The Morgan fingerprint density at radius 1 is 1.50 bits per heavy atom. The molecule has 0 aromatic heterocycles. The van der Waals surface area contributed by atoms with Crippen LogP contribution in [0.1, 0.15) is 0 Å². The molecule has 0 aromatic rings. The van der Waals surface area contributed by atoms with Crippen LogP contribution in [0, 0.1) is 0 Å². The summed E-state index contributed by atoms with van der Waals surface area (Å²) in [5.74, 6) is 0. The van der Waals surface area contributed by atoms with E-state index in [-0.39, 0.29) is 5.11 Å². The van der Waals surface area contributed by atoms with Crippen molar-refractivity contribution in [2.75, 3.05) is 26.3 Å². The van der Waals surface area contributed by atoms with Gasteiger partial charge in [-0.1, -0.05) is 0 Å². The van der Waals surface area contributed by atoms with Crippen molar-refractivity contribution in [1.29, 1.82) is 0 Å². The van der Waals surface area contributed by atoms with Gasteiger partial charge in [0.05, 0.1) is 13.2 Å². The van der Waals surface area contributed by atoms with Gasteiger partial charge in [-0.25, -0.2) is 4.79 Å². The van der Waals surface area contributed by atoms with Crippen LogP contribution in [0.25, 0.3) is 0 Å². The third-order valence-electron chi connectivity index (χ3n) is 1.51. The maximum absolute atomic E-state index is 10.2. The molecular weight excluding hydrogens is 180 g/mol. The number of hydrogen-bond donors (Lipinski definition) is 2. The van der Waals surface area contributed by atoms with Gasteiger partial charge in [0.15, 0.2) is 5.11 Å². The minimum atomic E-state index is -1.12. The number of amides is 1. The number of morpholine rings is 1. The molecule has 1 aliphatic heterocycles. The summed E-state index contributed by atoms with van der Waals surface area (Å²) >= 11 is 4.83. The number of carboxylic acid groups (broad SMARTS) is 1. The van der Waals surface area contributed by atoms with E-state index in [1.54, 1.807) is 4.90 Å². The lowest BCUT2D eigenvalue weighted by molar-refractivity contribution is 0.0676. The van der Waals surface area contributed by atoms with E-state index < -0.39 is 6.09 Å². The molecule has 0 aromatic carbocycles. The van der Waals surface area contributed by atoms with E-state index in [4.69, 9.17) is 22.1 Å². The van der Waals surface area contributed by atoms with Crippen LogP contribution in [0.4, 0.5) is 4.79 Å². The number of ether oxygens (including phenoxy) is 1. The predicted octanol–water partition coefficient (Wildman–Crippen LogP) is -0.129. The van der Waals surface area contributed by atoms with Gasteiger partial charge in [0, 0.05) is 13.1 Å². The summed E-state index contributed by atoms with van der Waals surface area (Å²) in [5, 5.41) is 10.7. The zero-order valence-electron chi connectivity index (χ0n) is 6.45. The van der Waals surface area contributed by atoms with Gasteiger partial charge in [0.2, 0.25) is 0 Å². The maximum atomic E-state index is 10.2. The molecule has 0 atom stereocenters. The molecule has 5 nitrogen and oxygen atoms in total. The molecule has 1 rings (SSSR count). The Bertz CT molecular complexity index is 191. The number of nitrogens with zero attached hydrogens (tertiary/aromatic N) is 1. The summed E-state index contributed by atoms with van der Waals surface area (Å²) in [6, 6.07) is 0. The van der Waals surface area contributed by atoms with Gasteiger partial charge in [-0.15, -0.1) is 0 Å². The van der Waals surface area contributed by atoms with Gasteiger partial charge in [0.1, 0.15) is 0 Å². The van der Waals surface area contributed by atoms with E-state index in [0.29, 0.717) is 26.3 Å². The van der Waals surface area contributed by atoms with Crippen LogP contribution >= 0.6 is 12.2 Å². The lowest BCUT2D eigenvalue weighted by Crippen LogP contribution is -2.47. The number of thiocarbonyl (C=S) groups is 1. The lowest BCUT2D eigenvalue weighted by Gasteiger charge is -2.28. The minimum absolute atomic E-state index is 0.255. The SMILES string of the molecule is O=C(O)NC(=S)N1CCOCC1. The fraction of sp³-hybridized carbons (Fsp3) is 0.667. The molecule has 0 bridgehead atoms. The first-order chi connectivity index (χ1) is 5.70. The molecule has 1 saturated heterocycles. The van der Waals surface area contributed by atoms with Crippen molar-refractivity contribution in [2.45, 2.75) is 0 Å². The zero-order chi connectivity index (χ0) is 8.97. The lowest BCUT2D eigenvalue weighted by atomic mass is 10.4. The summed E-state index contributed by atoms with van der Waals surface area (Å²) in [7, 11) is 0. The fourth-order valence-electron chi connectivity index (χ4n) is 0.937. The summed E-state index contributed by atoms with van der Waals surface area (Å²) in [4.78, 5) is 12.0. The van der Waals surface area contributed by atoms with Gasteiger partial charge in [-0.3, -0.25) is 5.32 Å². The van der Waals surface area contributed by atoms with Crippen molar-refractivity contribution in [3.63, 3.8) is 0 Å². The minimum Gasteiger partial charge on any atom is -0.465 e. The Labute approximate surface area is 75.3 Å². The van der Waals surface area contributed by atoms with Gasteiger partial charge in [-0.05, 0) is 12.2 Å². The van der Waals surface area contributed by atoms with Crippen molar-refractivity contribution in [2.24, 2.45) is 0 Å². The number of nitrogens with one attached hydrogen (secondary N) is 1. The van der Waals surface area contributed by atoms with E-state index in [1.165, 1.54) is 0 Å². The van der Waals surface area contributed by atoms with Crippen LogP contribution in [-0.4, -0.2) is 47.5 Å². The highest BCUT2D eigenvalue weighted by Gasteiger charge is 2.14. The Hall–Kier alpha value is -0.880. The molecule has 1 amide bonds. The van der Waals surface area contributed by atoms with Crippen LogP contribution in [-0.2, 0) is 4.74 Å². The second-order valence-corrected chi connectivity index (χ2v) is 2.72. The van der Waals surface area contributed by atoms with Crippen molar-refractivity contribution < 1.29 is 14.6 Å². The molecule has 1 fully saturated rings. The topological polar surface area (TPSA) is 61.8 Å². The molecule has 2 N–H and O–H groups in total. The molecule has 1 aliphatic rings. The van der Waals surface area contributed by atoms with Crippen LogP contribution in [0.3, 0.4) is 0 Å². The molecular formula is C6H10N2O3S. The summed E-state index contributed by atoms with van der Waals surface area (Å²) in [6.45, 7) is 2.50. The standard InChI is InChI=1S/C6H10N2O3S/c9-6(10)7-5(12)8-1-3-11-4-2-8/h1-4H2,(H,7,12)(H,9,10). The summed E-state index contributed by atoms with van der Waals surface area (Å²) in [5.41, 5.74) is 0. The monoisotopic (exact) mass is 190 g/mol. The van der Waals surface area contributed by atoms with Gasteiger partial charge in [0.25, 0.3) is 0 Å². The van der Waals surface area contributed by atoms with E-state index in [0.717, 1.165) is 0 Å². The van der Waals surface area contributed by atoms with E-state index in [1.807, 2.05) is 0 Å². The molecule has 68 valence electrons. The van der Waals surface area contributed by atoms with E-state index in [2.05, 4.69) is 5.32 Å². The molecule has 0 aliphatic carbocycles. The molecule has 6 heteroatoms. The average Bonchev–Trinajstić information content (AvgIpc) is 2.05. The first-order valence-electron chi connectivity index (χ1n) is 3.57. The smallest absolute Gasteiger partial charge is 0.410 e. The van der Waals surface area contributed by atoms with Crippen LogP contribution in [0.5, 0.6) is 0 Å². The third-order valence-corrected chi connectivity index (χ3v) is 1.87. The first kappa shape index (κ1) is 9.21. The van der Waals surface area contributed by atoms with Gasteiger partial charge < -0.3 is 14.7 Å². The fourth-order valence-corrected chi connectivity index (χ4v) is 1.21. The van der Waals surface area contributed by atoms with E-state index >= 15 is 0 Å². The Balaban J connectivity index is 2.34. The second kappa shape index (κ2) is 4.22. The van der Waals surface area contributed by atoms with Gasteiger partial charge >= 0.3 is 6.09 Å². The largest absolute Gasteiger partial charge is 0.465 e. The molecule has 0 unspecified atom stereocenters. The van der Waals surface area contributed by atoms with Crippen LogP contribution in [0.2, 0.25) is 0 Å². The van der Waals surface area contributed by atoms with Crippen molar-refractivity contribution >= 4 is 23.4 Å². The summed E-state index contributed by atoms with van der Waals surface area (Å²) < 4.78 is 5.08. The molecule has 1 heterocycles. The van der Waals surface area contributed by atoms with Crippen molar-refractivity contribution in [3.05, 3.63) is 0 Å². The van der Waals surface area contributed by atoms with Crippen molar-refractivity contribution in [3.8, 4) is 0 Å². The Morgan fingerprint density at radius 3 is 2.58 bits per heavy atom. The number of rotatable bonds is 0. The number of hydrogen-bond acceptors (Lipinski definition) is 3. The average molecular weight is 190 g/mol. The Kier molecular flexibility index (Phi) is 3.24. The number of carbonyl (C=O) groups is 1. The molecule has 0 spiro atoms. The van der Waals surface area contributed by atoms with Crippen molar-refractivity contribution in [1.82, 2.24) is 10.2 Å². The maximum Gasteiger partial charge on any atom is 0.410 e. The molecule has 0 radical (unpaired) electrons. The highest BCUT2D eigenvalue weighted by molar-refractivity contribution is 7.80. The predicted molar refractivity (Wildman–Crippen MR) is 46.2 cm³/mol.